The van der Waals surface area contributed by atoms with Crippen LogP contribution in [-0.2, 0) is 11.0 Å². The van der Waals surface area contributed by atoms with E-state index >= 15 is 0 Å². The van der Waals surface area contributed by atoms with Crippen LogP contribution in [0.2, 0.25) is 10.0 Å². The number of carbonyl (C=O) groups is 1. The van der Waals surface area contributed by atoms with E-state index < -0.39 is 29.3 Å². The topological polar surface area (TPSA) is 59.3 Å². The summed E-state index contributed by atoms with van der Waals surface area (Å²) in [5.74, 6) is -1.11. The first-order valence-corrected chi connectivity index (χ1v) is 9.82. The fourth-order valence-electron chi connectivity index (χ4n) is 2.41. The van der Waals surface area contributed by atoms with Gasteiger partial charge in [-0.1, -0.05) is 34.5 Å². The summed E-state index contributed by atoms with van der Waals surface area (Å²) >= 11 is 12.3. The number of hydrogen-bond acceptors (Lipinski definition) is 4. The van der Waals surface area contributed by atoms with Crippen molar-refractivity contribution in [3.8, 4) is 11.3 Å². The predicted molar refractivity (Wildman–Crippen MR) is 104 cm³/mol. The predicted octanol–water partition coefficient (Wildman–Crippen LogP) is 5.86. The summed E-state index contributed by atoms with van der Waals surface area (Å²) in [6.07, 6.45) is -7.64. The number of alkyl halides is 6. The number of halogens is 8. The van der Waals surface area contributed by atoms with Crippen LogP contribution in [0.3, 0.4) is 0 Å². The van der Waals surface area contributed by atoms with E-state index in [0.717, 1.165) is 23.6 Å². The summed E-state index contributed by atoms with van der Waals surface area (Å²) in [6, 6.07) is 2.18. The van der Waals surface area contributed by atoms with Gasteiger partial charge in [0.05, 0.1) is 10.7 Å². The molecule has 1 aromatic carbocycles. The van der Waals surface area contributed by atoms with Crippen molar-refractivity contribution >= 4 is 51.5 Å². The maximum absolute atomic E-state index is 13.0. The van der Waals surface area contributed by atoms with Gasteiger partial charge in [0, 0.05) is 16.7 Å². The smallest absolute Gasteiger partial charge is 0.341 e. The molecule has 1 unspecified atom stereocenters. The number of carbonyl (C=O) groups excluding carboxylic acids is 1. The number of nitrogens with zero attached hydrogens (tertiary/aromatic N) is 3. The molecule has 0 aliphatic heterocycles. The highest BCUT2D eigenvalue weighted by Gasteiger charge is 2.37. The minimum Gasteiger partial charge on any atom is -0.341 e. The molecule has 166 valence electrons. The molecule has 0 aliphatic rings. The van der Waals surface area contributed by atoms with E-state index in [-0.39, 0.29) is 38.3 Å². The lowest BCUT2D eigenvalue weighted by molar-refractivity contribution is -0.156. The summed E-state index contributed by atoms with van der Waals surface area (Å²) in [4.78, 5) is 15.8. The zero-order chi connectivity index (χ0) is 23.1. The van der Waals surface area contributed by atoms with E-state index in [0.29, 0.717) is 5.02 Å². The minimum atomic E-state index is -4.73. The van der Waals surface area contributed by atoms with Crippen LogP contribution in [0.15, 0.2) is 24.3 Å². The van der Waals surface area contributed by atoms with E-state index in [2.05, 4.69) is 10.1 Å². The number of rotatable bonds is 4. The monoisotopic (exact) mass is 502 g/mol. The molecule has 0 bridgehead atoms. The van der Waals surface area contributed by atoms with Gasteiger partial charge in [-0.25, -0.2) is 9.50 Å². The third-order valence-electron chi connectivity index (χ3n) is 3.91. The standard InChI is InChI=1S/C17H10Cl2F6N4OS/c1-7(16(20,21)22)26-12(30)5-4-11-13(9-3-2-8(18)6-10(9)19)27-15-29(11)28-14(31-15)17(23,24)25/h2-7H,1H3,(H,26,30). The molecule has 0 spiro atoms. The van der Waals surface area contributed by atoms with E-state index in [1.54, 1.807) is 5.32 Å². The third kappa shape index (κ3) is 5.13. The Hall–Kier alpha value is -2.31. The Bertz CT molecular complexity index is 1170. The molecule has 3 aromatic rings. The minimum absolute atomic E-state index is 0.0714. The van der Waals surface area contributed by atoms with Crippen LogP contribution < -0.4 is 5.32 Å². The van der Waals surface area contributed by atoms with Crippen LogP contribution in [0.5, 0.6) is 0 Å². The van der Waals surface area contributed by atoms with Crippen molar-refractivity contribution in [3.05, 3.63) is 45.0 Å². The van der Waals surface area contributed by atoms with E-state index in [1.807, 2.05) is 0 Å². The zero-order valence-corrected chi connectivity index (χ0v) is 17.5. The van der Waals surface area contributed by atoms with Crippen molar-refractivity contribution in [2.24, 2.45) is 0 Å². The number of imidazole rings is 1. The highest BCUT2D eigenvalue weighted by molar-refractivity contribution is 7.16. The van der Waals surface area contributed by atoms with Crippen LogP contribution in [0, 0.1) is 0 Å². The molecular formula is C17H10Cl2F6N4OS. The first kappa shape index (κ1) is 23.4. The van der Waals surface area contributed by atoms with E-state index in [9.17, 15) is 31.1 Å². The number of hydrogen-bond donors (Lipinski definition) is 1. The molecule has 1 amide bonds. The quantitative estimate of drug-likeness (QED) is 0.358. The lowest BCUT2D eigenvalue weighted by Gasteiger charge is -2.15. The summed E-state index contributed by atoms with van der Waals surface area (Å²) in [5.41, 5.74) is 0.267. The second-order valence-corrected chi connectivity index (χ2v) is 7.97. The van der Waals surface area contributed by atoms with Crippen molar-refractivity contribution in [3.63, 3.8) is 0 Å². The molecule has 0 saturated heterocycles. The summed E-state index contributed by atoms with van der Waals surface area (Å²) in [6.45, 7) is 0.748. The largest absolute Gasteiger partial charge is 0.445 e. The van der Waals surface area contributed by atoms with Crippen molar-refractivity contribution in [1.29, 1.82) is 0 Å². The van der Waals surface area contributed by atoms with Gasteiger partial charge < -0.3 is 5.32 Å². The number of amides is 1. The number of benzene rings is 1. The second kappa shape index (κ2) is 8.32. The van der Waals surface area contributed by atoms with Gasteiger partial charge in [0.2, 0.25) is 15.9 Å². The Morgan fingerprint density at radius 2 is 1.90 bits per heavy atom. The SMILES string of the molecule is CC(NC(=O)C=Cc1c(-c2ccc(Cl)cc2Cl)nc2sc(C(F)(F)F)nn12)C(F)(F)F. The van der Waals surface area contributed by atoms with Crippen molar-refractivity contribution in [1.82, 2.24) is 19.9 Å². The normalized spacial score (nSPS) is 13.8. The fourth-order valence-corrected chi connectivity index (χ4v) is 3.68. The van der Waals surface area contributed by atoms with Gasteiger partial charge in [0.1, 0.15) is 11.7 Å². The Labute approximate surface area is 184 Å². The van der Waals surface area contributed by atoms with Gasteiger partial charge >= 0.3 is 12.4 Å². The molecule has 3 rings (SSSR count). The van der Waals surface area contributed by atoms with E-state index in [4.69, 9.17) is 23.2 Å². The van der Waals surface area contributed by atoms with Gasteiger partial charge in [0.25, 0.3) is 0 Å². The lowest BCUT2D eigenvalue weighted by atomic mass is 10.1. The molecule has 1 atom stereocenters. The van der Waals surface area contributed by atoms with Gasteiger partial charge in [-0.15, -0.1) is 5.10 Å². The van der Waals surface area contributed by atoms with Gasteiger partial charge in [0.15, 0.2) is 0 Å². The molecule has 0 radical (unpaired) electrons. The maximum atomic E-state index is 13.0. The van der Waals surface area contributed by atoms with Crippen molar-refractivity contribution in [2.45, 2.75) is 25.3 Å². The van der Waals surface area contributed by atoms with E-state index in [1.165, 1.54) is 18.2 Å². The first-order valence-electron chi connectivity index (χ1n) is 8.25. The molecule has 0 fully saturated rings. The Balaban J connectivity index is 2.07. The number of aromatic nitrogens is 3. The van der Waals surface area contributed by atoms with Crippen molar-refractivity contribution < 1.29 is 31.1 Å². The molecule has 5 nitrogen and oxygen atoms in total. The fraction of sp³-hybridized carbons (Fsp3) is 0.235. The lowest BCUT2D eigenvalue weighted by Crippen LogP contribution is -2.42. The van der Waals surface area contributed by atoms with Crippen LogP contribution in [-0.4, -0.2) is 32.7 Å². The van der Waals surface area contributed by atoms with Crippen molar-refractivity contribution in [2.75, 3.05) is 0 Å². The molecule has 2 aromatic heterocycles. The van der Waals surface area contributed by atoms with Crippen LogP contribution in [0.25, 0.3) is 22.3 Å². The van der Waals surface area contributed by atoms with Gasteiger partial charge in [-0.2, -0.15) is 26.3 Å². The average Bonchev–Trinajstić information content (AvgIpc) is 3.17. The van der Waals surface area contributed by atoms with Gasteiger partial charge in [-0.05, 0) is 31.2 Å². The molecule has 2 heterocycles. The maximum Gasteiger partial charge on any atom is 0.445 e. The highest BCUT2D eigenvalue weighted by Crippen LogP contribution is 2.37. The number of nitrogens with one attached hydrogen (secondary N) is 1. The number of fused-ring (bicyclic) bond motifs is 1. The molecule has 0 aliphatic carbocycles. The average molecular weight is 503 g/mol. The molecule has 31 heavy (non-hydrogen) atoms. The Morgan fingerprint density at radius 1 is 1.23 bits per heavy atom. The summed E-state index contributed by atoms with van der Waals surface area (Å²) in [5, 5.41) is 4.42. The van der Waals surface area contributed by atoms with Gasteiger partial charge in [-0.3, -0.25) is 4.79 Å². The third-order valence-corrected chi connectivity index (χ3v) is 5.41. The molecular weight excluding hydrogens is 493 g/mol. The zero-order valence-electron chi connectivity index (χ0n) is 15.1. The Kier molecular flexibility index (Phi) is 6.27. The summed E-state index contributed by atoms with van der Waals surface area (Å²) in [7, 11) is 0. The van der Waals surface area contributed by atoms with Crippen LogP contribution >= 0.6 is 34.5 Å². The highest BCUT2D eigenvalue weighted by atomic mass is 35.5. The molecule has 0 saturated carbocycles. The first-order chi connectivity index (χ1) is 14.3. The molecule has 1 N–H and O–H groups in total. The second-order valence-electron chi connectivity index (χ2n) is 6.17. The van der Waals surface area contributed by atoms with Crippen LogP contribution in [0.4, 0.5) is 26.3 Å². The summed E-state index contributed by atoms with van der Waals surface area (Å²) < 4.78 is 77.7. The Morgan fingerprint density at radius 3 is 2.48 bits per heavy atom. The molecule has 14 heteroatoms. The van der Waals surface area contributed by atoms with Crippen LogP contribution in [0.1, 0.15) is 17.6 Å².